The Hall–Kier alpha value is -0.830. The SMILES string of the molecule is Cn1cc(C(C)(O)C2CC2)cn1. The summed E-state index contributed by atoms with van der Waals surface area (Å²) < 4.78 is 1.73. The van der Waals surface area contributed by atoms with Crippen molar-refractivity contribution in [3.05, 3.63) is 18.0 Å². The van der Waals surface area contributed by atoms with Gasteiger partial charge in [0.05, 0.1) is 11.8 Å². The minimum atomic E-state index is -0.658. The third-order valence-electron chi connectivity index (χ3n) is 2.66. The lowest BCUT2D eigenvalue weighted by Gasteiger charge is -2.20. The van der Waals surface area contributed by atoms with Crippen LogP contribution in [-0.4, -0.2) is 14.9 Å². The highest BCUT2D eigenvalue weighted by Crippen LogP contribution is 2.45. The van der Waals surface area contributed by atoms with E-state index in [-0.39, 0.29) is 0 Å². The molecule has 1 aromatic heterocycles. The predicted octanol–water partition coefficient (Wildman–Crippen LogP) is 1.04. The summed E-state index contributed by atoms with van der Waals surface area (Å²) in [7, 11) is 1.87. The van der Waals surface area contributed by atoms with Gasteiger partial charge in [-0.05, 0) is 25.7 Å². The first-order valence-electron chi connectivity index (χ1n) is 4.32. The molecule has 1 atom stereocenters. The van der Waals surface area contributed by atoms with E-state index < -0.39 is 5.60 Å². The first kappa shape index (κ1) is 7.80. The minimum absolute atomic E-state index is 0.446. The second kappa shape index (κ2) is 2.33. The van der Waals surface area contributed by atoms with E-state index in [9.17, 15) is 5.11 Å². The summed E-state index contributed by atoms with van der Waals surface area (Å²) >= 11 is 0. The molecular formula is C9H14N2O. The molecule has 0 spiro atoms. The van der Waals surface area contributed by atoms with Crippen molar-refractivity contribution < 1.29 is 5.11 Å². The number of aromatic nitrogens is 2. The highest BCUT2D eigenvalue weighted by atomic mass is 16.3. The molecule has 66 valence electrons. The quantitative estimate of drug-likeness (QED) is 0.712. The molecule has 3 nitrogen and oxygen atoms in total. The second-order valence-electron chi connectivity index (χ2n) is 3.82. The lowest BCUT2D eigenvalue weighted by atomic mass is 9.94. The van der Waals surface area contributed by atoms with Gasteiger partial charge in [0.15, 0.2) is 0 Å². The van der Waals surface area contributed by atoms with Crippen molar-refractivity contribution in [1.29, 1.82) is 0 Å². The number of rotatable bonds is 2. The first-order valence-corrected chi connectivity index (χ1v) is 4.32. The summed E-state index contributed by atoms with van der Waals surface area (Å²) in [4.78, 5) is 0. The normalized spacial score (nSPS) is 22.2. The second-order valence-corrected chi connectivity index (χ2v) is 3.82. The van der Waals surface area contributed by atoms with Crippen LogP contribution in [0.25, 0.3) is 0 Å². The van der Waals surface area contributed by atoms with E-state index in [0.717, 1.165) is 18.4 Å². The highest BCUT2D eigenvalue weighted by Gasteiger charge is 2.41. The highest BCUT2D eigenvalue weighted by molar-refractivity contribution is 5.17. The van der Waals surface area contributed by atoms with E-state index in [0.29, 0.717) is 5.92 Å². The van der Waals surface area contributed by atoms with Gasteiger partial charge >= 0.3 is 0 Å². The van der Waals surface area contributed by atoms with Crippen molar-refractivity contribution in [2.75, 3.05) is 0 Å². The molecule has 0 amide bonds. The van der Waals surface area contributed by atoms with Gasteiger partial charge in [-0.3, -0.25) is 4.68 Å². The topological polar surface area (TPSA) is 38.0 Å². The zero-order chi connectivity index (χ0) is 8.77. The lowest BCUT2D eigenvalue weighted by Crippen LogP contribution is -2.22. The zero-order valence-electron chi connectivity index (χ0n) is 7.49. The maximum atomic E-state index is 10.1. The van der Waals surface area contributed by atoms with Crippen LogP contribution in [0.5, 0.6) is 0 Å². The van der Waals surface area contributed by atoms with Crippen molar-refractivity contribution in [1.82, 2.24) is 9.78 Å². The van der Waals surface area contributed by atoms with Gasteiger partial charge in [0.25, 0.3) is 0 Å². The number of nitrogens with zero attached hydrogens (tertiary/aromatic N) is 2. The molecule has 1 unspecified atom stereocenters. The molecule has 12 heavy (non-hydrogen) atoms. The average Bonchev–Trinajstić information content (AvgIpc) is 2.75. The van der Waals surface area contributed by atoms with Crippen LogP contribution in [0.4, 0.5) is 0 Å². The van der Waals surface area contributed by atoms with Crippen LogP contribution in [0.1, 0.15) is 25.3 Å². The molecule has 0 aromatic carbocycles. The molecule has 1 saturated carbocycles. The van der Waals surface area contributed by atoms with E-state index in [1.165, 1.54) is 0 Å². The van der Waals surface area contributed by atoms with Crippen LogP contribution in [-0.2, 0) is 12.6 Å². The van der Waals surface area contributed by atoms with Gasteiger partial charge in [0, 0.05) is 18.8 Å². The number of hydrogen-bond donors (Lipinski definition) is 1. The molecule has 3 heteroatoms. The van der Waals surface area contributed by atoms with E-state index >= 15 is 0 Å². The largest absolute Gasteiger partial charge is 0.385 e. The molecule has 2 rings (SSSR count). The fourth-order valence-electron chi connectivity index (χ4n) is 1.56. The van der Waals surface area contributed by atoms with Crippen LogP contribution in [0.15, 0.2) is 12.4 Å². The van der Waals surface area contributed by atoms with Crippen LogP contribution >= 0.6 is 0 Å². The Morgan fingerprint density at radius 3 is 2.75 bits per heavy atom. The monoisotopic (exact) mass is 166 g/mol. The molecular weight excluding hydrogens is 152 g/mol. The van der Waals surface area contributed by atoms with Gasteiger partial charge in [-0.2, -0.15) is 5.10 Å². The number of hydrogen-bond acceptors (Lipinski definition) is 2. The Labute approximate surface area is 72.0 Å². The summed E-state index contributed by atoms with van der Waals surface area (Å²) in [5, 5.41) is 14.1. The Bertz CT molecular complexity index is 286. The van der Waals surface area contributed by atoms with Crippen LogP contribution in [0, 0.1) is 5.92 Å². The predicted molar refractivity (Wildman–Crippen MR) is 45.5 cm³/mol. The minimum Gasteiger partial charge on any atom is -0.385 e. The van der Waals surface area contributed by atoms with Crippen molar-refractivity contribution >= 4 is 0 Å². The molecule has 1 aliphatic carbocycles. The van der Waals surface area contributed by atoms with Crippen molar-refractivity contribution in [2.45, 2.75) is 25.4 Å². The Morgan fingerprint density at radius 1 is 1.67 bits per heavy atom. The first-order chi connectivity index (χ1) is 5.60. The number of aliphatic hydroxyl groups is 1. The van der Waals surface area contributed by atoms with Crippen LogP contribution < -0.4 is 0 Å². The summed E-state index contributed by atoms with van der Waals surface area (Å²) in [6, 6.07) is 0. The molecule has 1 N–H and O–H groups in total. The summed E-state index contributed by atoms with van der Waals surface area (Å²) in [5.41, 5.74) is 0.279. The number of aryl methyl sites for hydroxylation is 1. The molecule has 1 aromatic rings. The van der Waals surface area contributed by atoms with E-state index in [1.807, 2.05) is 20.2 Å². The Balaban J connectivity index is 2.27. The van der Waals surface area contributed by atoms with E-state index in [1.54, 1.807) is 10.9 Å². The molecule has 1 aliphatic rings. The molecule has 0 aliphatic heterocycles. The van der Waals surface area contributed by atoms with Gasteiger partial charge < -0.3 is 5.11 Å². The standard InChI is InChI=1S/C9H14N2O/c1-9(12,7-3-4-7)8-5-10-11(2)6-8/h5-7,12H,3-4H2,1-2H3. The Kier molecular flexibility index (Phi) is 1.51. The van der Waals surface area contributed by atoms with Gasteiger partial charge in [0.1, 0.15) is 0 Å². The molecule has 1 fully saturated rings. The summed E-state index contributed by atoms with van der Waals surface area (Å²) in [6.07, 6.45) is 5.92. The van der Waals surface area contributed by atoms with Crippen LogP contribution in [0.3, 0.4) is 0 Å². The van der Waals surface area contributed by atoms with Crippen molar-refractivity contribution in [3.63, 3.8) is 0 Å². The molecule has 0 radical (unpaired) electrons. The van der Waals surface area contributed by atoms with Crippen LogP contribution in [0.2, 0.25) is 0 Å². The Morgan fingerprint density at radius 2 is 2.33 bits per heavy atom. The lowest BCUT2D eigenvalue weighted by molar-refractivity contribution is 0.0330. The van der Waals surface area contributed by atoms with Gasteiger partial charge in [-0.1, -0.05) is 0 Å². The van der Waals surface area contributed by atoms with Crippen molar-refractivity contribution in [3.8, 4) is 0 Å². The third kappa shape index (κ3) is 1.14. The maximum absolute atomic E-state index is 10.1. The average molecular weight is 166 g/mol. The van der Waals surface area contributed by atoms with Crippen molar-refractivity contribution in [2.24, 2.45) is 13.0 Å². The van der Waals surface area contributed by atoms with E-state index in [4.69, 9.17) is 0 Å². The molecule has 1 heterocycles. The fraction of sp³-hybridized carbons (Fsp3) is 0.667. The maximum Gasteiger partial charge on any atom is 0.0926 e. The van der Waals surface area contributed by atoms with E-state index in [2.05, 4.69) is 5.10 Å². The smallest absolute Gasteiger partial charge is 0.0926 e. The molecule has 0 bridgehead atoms. The van der Waals surface area contributed by atoms with Gasteiger partial charge in [0.2, 0.25) is 0 Å². The third-order valence-corrected chi connectivity index (χ3v) is 2.66. The van der Waals surface area contributed by atoms with Gasteiger partial charge in [-0.15, -0.1) is 0 Å². The van der Waals surface area contributed by atoms with Gasteiger partial charge in [-0.25, -0.2) is 0 Å². The summed E-state index contributed by atoms with van der Waals surface area (Å²) in [5.74, 6) is 0.446. The molecule has 0 saturated heterocycles. The zero-order valence-corrected chi connectivity index (χ0v) is 7.49. The fourth-order valence-corrected chi connectivity index (χ4v) is 1.56. The summed E-state index contributed by atoms with van der Waals surface area (Å²) in [6.45, 7) is 1.88.